The highest BCUT2D eigenvalue weighted by molar-refractivity contribution is 5.74. The van der Waals surface area contributed by atoms with E-state index < -0.39 is 5.60 Å². The fourth-order valence-electron chi connectivity index (χ4n) is 2.84. The minimum atomic E-state index is -1.23. The summed E-state index contributed by atoms with van der Waals surface area (Å²) in [5.41, 5.74) is 1.24. The van der Waals surface area contributed by atoms with E-state index in [1.807, 2.05) is 18.2 Å². The third kappa shape index (κ3) is 2.99. The Labute approximate surface area is 129 Å². The molecule has 0 saturated carbocycles. The molecule has 22 heavy (non-hydrogen) atoms. The second-order valence-electron chi connectivity index (χ2n) is 5.87. The molecule has 116 valence electrons. The van der Waals surface area contributed by atoms with Crippen LogP contribution in [0.1, 0.15) is 36.3 Å². The number of benzene rings is 1. The van der Waals surface area contributed by atoms with Gasteiger partial charge in [0.05, 0.1) is 18.8 Å². The summed E-state index contributed by atoms with van der Waals surface area (Å²) in [6, 6.07) is 11.3. The predicted octanol–water partition coefficient (Wildman–Crippen LogP) is 2.47. The molecule has 3 N–H and O–H groups in total. The molecule has 2 atom stereocenters. The van der Waals surface area contributed by atoms with Gasteiger partial charge in [0.2, 0.25) is 0 Å². The van der Waals surface area contributed by atoms with Crippen molar-refractivity contribution in [3.8, 4) is 0 Å². The Morgan fingerprint density at radius 3 is 2.95 bits per heavy atom. The Hall–Kier alpha value is -2.27. The zero-order valence-electron chi connectivity index (χ0n) is 12.5. The zero-order valence-corrected chi connectivity index (χ0v) is 12.5. The Bertz CT molecular complexity index is 650. The molecule has 2 amide bonds. The van der Waals surface area contributed by atoms with Gasteiger partial charge in [0.15, 0.2) is 0 Å². The molecule has 2 unspecified atom stereocenters. The van der Waals surface area contributed by atoms with Gasteiger partial charge in [-0.2, -0.15) is 0 Å². The van der Waals surface area contributed by atoms with Crippen molar-refractivity contribution in [1.82, 2.24) is 10.6 Å². The topological polar surface area (TPSA) is 74.5 Å². The first-order chi connectivity index (χ1) is 10.6. The van der Waals surface area contributed by atoms with Crippen molar-refractivity contribution in [1.29, 1.82) is 0 Å². The van der Waals surface area contributed by atoms with Crippen molar-refractivity contribution >= 4 is 6.03 Å². The number of carbonyl (C=O) groups excluding carboxylic acids is 1. The van der Waals surface area contributed by atoms with E-state index in [0.29, 0.717) is 5.76 Å². The second kappa shape index (κ2) is 5.85. The normalized spacial score (nSPS) is 19.3. The van der Waals surface area contributed by atoms with E-state index in [9.17, 15) is 9.90 Å². The van der Waals surface area contributed by atoms with Crippen LogP contribution in [0.3, 0.4) is 0 Å². The van der Waals surface area contributed by atoms with Gasteiger partial charge < -0.3 is 20.2 Å². The van der Waals surface area contributed by atoms with Crippen LogP contribution in [0.4, 0.5) is 4.79 Å². The molecule has 3 rings (SSSR count). The molecule has 5 nitrogen and oxygen atoms in total. The lowest BCUT2D eigenvalue weighted by Crippen LogP contribution is -2.44. The van der Waals surface area contributed by atoms with Gasteiger partial charge in [-0.15, -0.1) is 0 Å². The highest BCUT2D eigenvalue weighted by Gasteiger charge is 2.28. The lowest BCUT2D eigenvalue weighted by atomic mass is 10.0. The van der Waals surface area contributed by atoms with Gasteiger partial charge in [-0.05, 0) is 43.0 Å². The minimum absolute atomic E-state index is 0.0322. The summed E-state index contributed by atoms with van der Waals surface area (Å²) in [6.45, 7) is 1.69. The zero-order chi connectivity index (χ0) is 15.6. The Kier molecular flexibility index (Phi) is 3.90. The van der Waals surface area contributed by atoms with E-state index >= 15 is 0 Å². The number of urea groups is 1. The maximum Gasteiger partial charge on any atom is 0.315 e. The summed E-state index contributed by atoms with van der Waals surface area (Å²) < 4.78 is 5.19. The van der Waals surface area contributed by atoms with Gasteiger partial charge in [-0.25, -0.2) is 4.79 Å². The lowest BCUT2D eigenvalue weighted by Gasteiger charge is -2.22. The van der Waals surface area contributed by atoms with Crippen LogP contribution in [0, 0.1) is 0 Å². The summed E-state index contributed by atoms with van der Waals surface area (Å²) in [5.74, 6) is 0.430. The minimum Gasteiger partial charge on any atom is -0.466 e. The van der Waals surface area contributed by atoms with E-state index in [-0.39, 0.29) is 18.6 Å². The van der Waals surface area contributed by atoms with Crippen LogP contribution in [-0.4, -0.2) is 17.7 Å². The molecule has 0 bridgehead atoms. The number of carbonyl (C=O) groups is 1. The molecule has 0 saturated heterocycles. The molecule has 0 fully saturated rings. The van der Waals surface area contributed by atoms with Crippen LogP contribution in [0.5, 0.6) is 0 Å². The number of aryl methyl sites for hydroxylation is 1. The number of nitrogens with one attached hydrogen (secondary N) is 2. The highest BCUT2D eigenvalue weighted by atomic mass is 16.4. The second-order valence-corrected chi connectivity index (χ2v) is 5.87. The van der Waals surface area contributed by atoms with Crippen molar-refractivity contribution in [2.24, 2.45) is 0 Å². The molecule has 0 aliphatic heterocycles. The van der Waals surface area contributed by atoms with Gasteiger partial charge in [0.25, 0.3) is 0 Å². The Morgan fingerprint density at radius 1 is 1.36 bits per heavy atom. The standard InChI is InChI=1S/C17H20N2O3/c1-17(21,15-7-4-10-22-15)11-18-16(20)19-14-9-8-12-5-2-3-6-13(12)14/h2-7,10,14,21H,8-9,11H2,1H3,(H2,18,19,20). The van der Waals surface area contributed by atoms with E-state index in [2.05, 4.69) is 16.7 Å². The van der Waals surface area contributed by atoms with E-state index in [1.54, 1.807) is 19.1 Å². The Morgan fingerprint density at radius 2 is 2.18 bits per heavy atom. The van der Waals surface area contributed by atoms with Crippen LogP contribution in [0.2, 0.25) is 0 Å². The average Bonchev–Trinajstić information content (AvgIpc) is 3.16. The van der Waals surface area contributed by atoms with Gasteiger partial charge in [-0.1, -0.05) is 24.3 Å². The first kappa shape index (κ1) is 14.7. The number of aliphatic hydroxyl groups is 1. The van der Waals surface area contributed by atoms with Gasteiger partial charge >= 0.3 is 6.03 Å². The maximum absolute atomic E-state index is 12.1. The Balaban J connectivity index is 1.56. The van der Waals surface area contributed by atoms with Crippen molar-refractivity contribution in [2.45, 2.75) is 31.4 Å². The fraction of sp³-hybridized carbons (Fsp3) is 0.353. The molecular weight excluding hydrogens is 280 g/mol. The summed E-state index contributed by atoms with van der Waals surface area (Å²) in [6.07, 6.45) is 3.38. The lowest BCUT2D eigenvalue weighted by molar-refractivity contribution is 0.0366. The number of amides is 2. The molecule has 0 spiro atoms. The summed E-state index contributed by atoms with van der Waals surface area (Å²) in [4.78, 5) is 12.1. The van der Waals surface area contributed by atoms with Crippen molar-refractivity contribution < 1.29 is 14.3 Å². The third-order valence-corrected chi connectivity index (χ3v) is 4.08. The summed E-state index contributed by atoms with van der Waals surface area (Å²) in [5, 5.41) is 16.0. The smallest absolute Gasteiger partial charge is 0.315 e. The van der Waals surface area contributed by atoms with E-state index in [4.69, 9.17) is 4.42 Å². The number of rotatable bonds is 4. The molecule has 5 heteroatoms. The van der Waals surface area contributed by atoms with Crippen molar-refractivity contribution in [3.63, 3.8) is 0 Å². The number of hydrogen-bond acceptors (Lipinski definition) is 3. The molecule has 1 aliphatic carbocycles. The van der Waals surface area contributed by atoms with Crippen LogP contribution in [0.25, 0.3) is 0 Å². The van der Waals surface area contributed by atoms with Gasteiger partial charge in [0, 0.05) is 0 Å². The quantitative estimate of drug-likeness (QED) is 0.812. The molecular formula is C17H20N2O3. The number of furan rings is 1. The van der Waals surface area contributed by atoms with Crippen LogP contribution in [0.15, 0.2) is 47.1 Å². The maximum atomic E-state index is 12.1. The van der Waals surface area contributed by atoms with Gasteiger partial charge in [0.1, 0.15) is 11.4 Å². The summed E-state index contributed by atoms with van der Waals surface area (Å²) in [7, 11) is 0. The molecule has 1 aromatic heterocycles. The molecule has 1 heterocycles. The first-order valence-electron chi connectivity index (χ1n) is 7.45. The van der Waals surface area contributed by atoms with Crippen LogP contribution in [-0.2, 0) is 12.0 Å². The fourth-order valence-corrected chi connectivity index (χ4v) is 2.84. The largest absolute Gasteiger partial charge is 0.466 e. The van der Waals surface area contributed by atoms with E-state index in [0.717, 1.165) is 12.8 Å². The predicted molar refractivity (Wildman–Crippen MR) is 82.3 cm³/mol. The van der Waals surface area contributed by atoms with Crippen LogP contribution < -0.4 is 10.6 Å². The molecule has 1 aromatic carbocycles. The molecule has 0 radical (unpaired) electrons. The van der Waals surface area contributed by atoms with Crippen molar-refractivity contribution in [3.05, 3.63) is 59.5 Å². The third-order valence-electron chi connectivity index (χ3n) is 4.08. The van der Waals surface area contributed by atoms with E-state index in [1.165, 1.54) is 17.4 Å². The number of fused-ring (bicyclic) bond motifs is 1. The summed E-state index contributed by atoms with van der Waals surface area (Å²) >= 11 is 0. The highest BCUT2D eigenvalue weighted by Crippen LogP contribution is 2.30. The van der Waals surface area contributed by atoms with Crippen LogP contribution >= 0.6 is 0 Å². The molecule has 1 aliphatic rings. The number of hydrogen-bond donors (Lipinski definition) is 3. The average molecular weight is 300 g/mol. The van der Waals surface area contributed by atoms with Crippen molar-refractivity contribution in [2.75, 3.05) is 6.54 Å². The monoisotopic (exact) mass is 300 g/mol. The SMILES string of the molecule is CC(O)(CNC(=O)NC1CCc2ccccc21)c1ccco1. The first-order valence-corrected chi connectivity index (χ1v) is 7.45. The molecule has 2 aromatic rings. The van der Waals surface area contributed by atoms with Gasteiger partial charge in [-0.3, -0.25) is 0 Å².